The molecule has 3 unspecified atom stereocenters. The molecule has 1 aliphatic heterocycles. The van der Waals surface area contributed by atoms with Gasteiger partial charge in [0.15, 0.2) is 0 Å². The van der Waals surface area contributed by atoms with Crippen LogP contribution in [0.15, 0.2) is 60.2 Å². The molecule has 0 spiro atoms. The van der Waals surface area contributed by atoms with Crippen LogP contribution in [0.25, 0.3) is 0 Å². The molecule has 5 nitrogen and oxygen atoms in total. The number of nitrogens with one attached hydrogen (secondary N) is 1. The third-order valence-electron chi connectivity index (χ3n) is 9.06. The van der Waals surface area contributed by atoms with Crippen molar-refractivity contribution in [2.45, 2.75) is 78.6 Å². The number of hydrogen-bond donors (Lipinski definition) is 1. The number of allylic oxidation sites excluding steroid dienone is 1. The average molecular weight is 614 g/mol. The second kappa shape index (κ2) is 14.1. The fraction of sp³-hybridized carbons (Fsp3) is 0.486. The monoisotopic (exact) mass is 613 g/mol. The number of likely N-dealkylation sites (tertiary alicyclic amines) is 1. The summed E-state index contributed by atoms with van der Waals surface area (Å²) in [5.74, 6) is -2.10. The van der Waals surface area contributed by atoms with Crippen LogP contribution in [0.1, 0.15) is 66.6 Å². The van der Waals surface area contributed by atoms with Crippen molar-refractivity contribution < 1.29 is 27.2 Å². The van der Waals surface area contributed by atoms with Gasteiger partial charge in [0.25, 0.3) is 5.91 Å². The number of anilines is 1. The van der Waals surface area contributed by atoms with E-state index in [2.05, 4.69) is 5.32 Å². The molecule has 2 aromatic carbocycles. The summed E-state index contributed by atoms with van der Waals surface area (Å²) in [4.78, 5) is 30.9. The van der Waals surface area contributed by atoms with Gasteiger partial charge >= 0.3 is 6.18 Å². The van der Waals surface area contributed by atoms with Gasteiger partial charge in [0, 0.05) is 24.7 Å². The van der Waals surface area contributed by atoms with Crippen molar-refractivity contribution in [3.05, 3.63) is 88.3 Å². The number of hydrogen-bond acceptors (Lipinski definition) is 3. The summed E-state index contributed by atoms with van der Waals surface area (Å²) in [7, 11) is 0. The first-order chi connectivity index (χ1) is 20.8. The third kappa shape index (κ3) is 7.60. The number of alkyl halides is 3. The summed E-state index contributed by atoms with van der Waals surface area (Å²) >= 11 is 0. The Labute approximate surface area is 258 Å². The summed E-state index contributed by atoms with van der Waals surface area (Å²) in [5.41, 5.74) is 4.10. The van der Waals surface area contributed by atoms with Crippen LogP contribution in [0.3, 0.4) is 0 Å². The molecular formula is C35H43F4N3O2. The zero-order valence-electron chi connectivity index (χ0n) is 26.2. The van der Waals surface area contributed by atoms with Gasteiger partial charge in [-0.05, 0) is 100 Å². The molecule has 1 heterocycles. The predicted octanol–water partition coefficient (Wildman–Crippen LogP) is 7.78. The van der Waals surface area contributed by atoms with Crippen LogP contribution in [0.2, 0.25) is 0 Å². The summed E-state index contributed by atoms with van der Waals surface area (Å²) < 4.78 is 55.6. The molecule has 1 saturated heterocycles. The van der Waals surface area contributed by atoms with Crippen molar-refractivity contribution in [3.8, 4) is 0 Å². The van der Waals surface area contributed by atoms with Gasteiger partial charge in [-0.3, -0.25) is 14.5 Å². The van der Waals surface area contributed by atoms with E-state index in [0.29, 0.717) is 50.0 Å². The molecule has 9 heteroatoms. The number of carbonyl (C=O) groups is 2. The van der Waals surface area contributed by atoms with Crippen LogP contribution in [0.4, 0.5) is 23.2 Å². The summed E-state index contributed by atoms with van der Waals surface area (Å²) in [5, 5.41) is 3.04. The van der Waals surface area contributed by atoms with Crippen molar-refractivity contribution in [1.29, 1.82) is 0 Å². The Hall–Kier alpha value is -3.46. The second-order valence-corrected chi connectivity index (χ2v) is 12.2. The minimum atomic E-state index is -4.33. The van der Waals surface area contributed by atoms with Crippen LogP contribution >= 0.6 is 0 Å². The van der Waals surface area contributed by atoms with E-state index >= 15 is 0 Å². The second-order valence-electron chi connectivity index (χ2n) is 12.2. The van der Waals surface area contributed by atoms with Crippen LogP contribution in [-0.4, -0.2) is 59.5 Å². The van der Waals surface area contributed by atoms with Gasteiger partial charge < -0.3 is 10.2 Å². The first-order valence-corrected chi connectivity index (χ1v) is 15.4. The van der Waals surface area contributed by atoms with Crippen molar-refractivity contribution in [2.75, 3.05) is 25.0 Å². The van der Waals surface area contributed by atoms with Gasteiger partial charge in [-0.1, -0.05) is 43.4 Å². The van der Waals surface area contributed by atoms with Gasteiger partial charge in [-0.25, -0.2) is 4.39 Å². The smallest absolute Gasteiger partial charge is 0.334 e. The summed E-state index contributed by atoms with van der Waals surface area (Å²) in [6.45, 7) is 9.53. The van der Waals surface area contributed by atoms with Gasteiger partial charge in [0.1, 0.15) is 11.9 Å². The zero-order valence-corrected chi connectivity index (χ0v) is 26.2. The molecule has 0 bridgehead atoms. The first-order valence-electron chi connectivity index (χ1n) is 15.4. The minimum absolute atomic E-state index is 0.0000772. The fourth-order valence-corrected chi connectivity index (χ4v) is 6.36. The molecule has 2 aliphatic rings. The number of piperidine rings is 1. The Bertz CT molecular complexity index is 1400. The molecule has 4 atom stereocenters. The molecule has 2 aromatic rings. The number of nitrogens with zero attached hydrogens (tertiary/aromatic N) is 2. The highest BCUT2D eigenvalue weighted by Gasteiger charge is 2.44. The molecule has 0 radical (unpaired) electrons. The van der Waals surface area contributed by atoms with Crippen molar-refractivity contribution >= 4 is 17.5 Å². The maximum absolute atomic E-state index is 15.0. The Morgan fingerprint density at radius 2 is 1.84 bits per heavy atom. The SMILES string of the molecule is CCCN(CC1=CCC([C@H]2C(C(=O)Nc3ccc(C)c(C)c3)CCCN2C(=O)c2c(C)cccc2F)C=C1)C(C)C(F)(F)F. The lowest BCUT2D eigenvalue weighted by atomic mass is 9.77. The largest absolute Gasteiger partial charge is 0.403 e. The molecule has 238 valence electrons. The molecule has 1 N–H and O–H groups in total. The van der Waals surface area contributed by atoms with E-state index in [1.807, 2.05) is 57.2 Å². The Balaban J connectivity index is 1.63. The normalized spacial score (nSPS) is 21.3. The average Bonchev–Trinajstić information content (AvgIpc) is 2.98. The van der Waals surface area contributed by atoms with Crippen LogP contribution in [0, 0.1) is 38.4 Å². The zero-order chi connectivity index (χ0) is 32.2. The number of halogens is 4. The van der Waals surface area contributed by atoms with E-state index in [4.69, 9.17) is 0 Å². The van der Waals surface area contributed by atoms with Crippen molar-refractivity contribution in [1.82, 2.24) is 9.80 Å². The minimum Gasteiger partial charge on any atom is -0.334 e. The first kappa shape index (κ1) is 33.4. The molecule has 1 aliphatic carbocycles. The molecule has 2 amide bonds. The van der Waals surface area contributed by atoms with E-state index in [9.17, 15) is 27.2 Å². The highest BCUT2D eigenvalue weighted by molar-refractivity contribution is 5.98. The van der Waals surface area contributed by atoms with Gasteiger partial charge in [-0.15, -0.1) is 0 Å². The number of aryl methyl sites for hydroxylation is 3. The lowest BCUT2D eigenvalue weighted by Gasteiger charge is -2.44. The topological polar surface area (TPSA) is 52.7 Å². The highest BCUT2D eigenvalue weighted by atomic mass is 19.4. The highest BCUT2D eigenvalue weighted by Crippen LogP contribution is 2.37. The molecular weight excluding hydrogens is 570 g/mol. The van der Waals surface area contributed by atoms with Crippen LogP contribution < -0.4 is 5.32 Å². The van der Waals surface area contributed by atoms with E-state index in [0.717, 1.165) is 16.7 Å². The van der Waals surface area contributed by atoms with Gasteiger partial charge in [0.05, 0.1) is 17.5 Å². The number of benzene rings is 2. The van der Waals surface area contributed by atoms with E-state index in [1.165, 1.54) is 17.9 Å². The summed E-state index contributed by atoms with van der Waals surface area (Å²) in [6, 6.07) is 8.09. The Kier molecular flexibility index (Phi) is 10.7. The Morgan fingerprint density at radius 3 is 2.45 bits per heavy atom. The quantitative estimate of drug-likeness (QED) is 0.294. The maximum Gasteiger partial charge on any atom is 0.403 e. The molecule has 0 saturated carbocycles. The summed E-state index contributed by atoms with van der Waals surface area (Å²) in [6.07, 6.45) is 3.50. The molecule has 44 heavy (non-hydrogen) atoms. The van der Waals surface area contributed by atoms with E-state index in [1.54, 1.807) is 24.0 Å². The molecule has 1 fully saturated rings. The fourth-order valence-electron chi connectivity index (χ4n) is 6.36. The number of amides is 2. The number of carbonyl (C=O) groups excluding carboxylic acids is 2. The van der Waals surface area contributed by atoms with Crippen molar-refractivity contribution in [2.24, 2.45) is 11.8 Å². The van der Waals surface area contributed by atoms with E-state index < -0.39 is 35.9 Å². The third-order valence-corrected chi connectivity index (χ3v) is 9.06. The van der Waals surface area contributed by atoms with Crippen LogP contribution in [0.5, 0.6) is 0 Å². The molecule has 4 rings (SSSR count). The maximum atomic E-state index is 15.0. The van der Waals surface area contributed by atoms with Gasteiger partial charge in [-0.2, -0.15) is 13.2 Å². The van der Waals surface area contributed by atoms with Gasteiger partial charge in [0.2, 0.25) is 5.91 Å². The molecule has 0 aromatic heterocycles. The lowest BCUT2D eigenvalue weighted by Crippen LogP contribution is -2.55. The number of rotatable bonds is 9. The van der Waals surface area contributed by atoms with E-state index in [-0.39, 0.29) is 23.9 Å². The predicted molar refractivity (Wildman–Crippen MR) is 166 cm³/mol. The van der Waals surface area contributed by atoms with Crippen LogP contribution in [-0.2, 0) is 4.79 Å². The Morgan fingerprint density at radius 1 is 1.09 bits per heavy atom. The lowest BCUT2D eigenvalue weighted by molar-refractivity contribution is -0.177. The standard InChI is InChI=1S/C35H43F4N3O2/c1-6-18-41(25(5)35(37,38)39)21-26-13-15-27(16-14-26)32-29(33(43)40-28-17-12-22(2)24(4)20-28)10-8-19-42(32)34(44)31-23(3)9-7-11-30(31)36/h7,9,11-15,17,20,25,27,29,32H,6,8,10,16,18-19,21H2,1-5H3,(H,40,43)/t25?,27?,29?,32-/m0/s1. The van der Waals surface area contributed by atoms with Crippen molar-refractivity contribution in [3.63, 3.8) is 0 Å².